The Bertz CT molecular complexity index is 682. The number of sulfonamides is 1. The van der Waals surface area contributed by atoms with Crippen molar-refractivity contribution in [2.75, 3.05) is 18.4 Å². The molecule has 23 heavy (non-hydrogen) atoms. The number of rotatable bonds is 9. The predicted octanol–water partition coefficient (Wildman–Crippen LogP) is -0.249. The Morgan fingerprint density at radius 1 is 1.48 bits per heavy atom. The third-order valence-electron chi connectivity index (χ3n) is 3.22. The van der Waals surface area contributed by atoms with Gasteiger partial charge in [0.25, 0.3) is 5.91 Å². The normalized spacial score (nSPS) is 13.0. The number of aryl methyl sites for hydroxylation is 1. The molecule has 2 N–H and O–H groups in total. The molecule has 0 aliphatic heterocycles. The van der Waals surface area contributed by atoms with Crippen LogP contribution in [0, 0.1) is 6.92 Å². The maximum atomic E-state index is 12.1. The van der Waals surface area contributed by atoms with Crippen LogP contribution in [0.2, 0.25) is 0 Å². The van der Waals surface area contributed by atoms with E-state index < -0.39 is 27.7 Å². The van der Waals surface area contributed by atoms with Crippen LogP contribution in [0.5, 0.6) is 0 Å². The van der Waals surface area contributed by atoms with Crippen molar-refractivity contribution in [3.05, 3.63) is 16.4 Å². The van der Waals surface area contributed by atoms with E-state index in [-0.39, 0.29) is 5.88 Å². The Balaban J connectivity index is 2.51. The summed E-state index contributed by atoms with van der Waals surface area (Å²) in [6, 6.07) is -0.892. The van der Waals surface area contributed by atoms with Crippen molar-refractivity contribution in [3.8, 4) is 0 Å². The van der Waals surface area contributed by atoms with E-state index in [4.69, 9.17) is 5.73 Å². The SMILES string of the molecule is CSCN(C(=O)C(N)CCCCn1c(C)noc1=O)S(C)(=O)=O. The second kappa shape index (κ2) is 8.50. The molecule has 0 spiro atoms. The van der Waals surface area contributed by atoms with Gasteiger partial charge in [-0.05, 0) is 32.4 Å². The summed E-state index contributed by atoms with van der Waals surface area (Å²) in [6.45, 7) is 2.07. The summed E-state index contributed by atoms with van der Waals surface area (Å²) in [5.41, 5.74) is 5.80. The molecule has 1 atom stereocenters. The highest BCUT2D eigenvalue weighted by Gasteiger charge is 2.27. The van der Waals surface area contributed by atoms with E-state index in [0.717, 1.165) is 10.6 Å². The van der Waals surface area contributed by atoms with E-state index in [1.807, 2.05) is 0 Å². The van der Waals surface area contributed by atoms with Crippen molar-refractivity contribution in [1.29, 1.82) is 0 Å². The lowest BCUT2D eigenvalue weighted by Gasteiger charge is -2.22. The molecule has 1 aromatic rings. The summed E-state index contributed by atoms with van der Waals surface area (Å²) in [7, 11) is -3.63. The van der Waals surface area contributed by atoms with E-state index >= 15 is 0 Å². The van der Waals surface area contributed by atoms with Crippen molar-refractivity contribution < 1.29 is 17.7 Å². The number of nitrogens with two attached hydrogens (primary N) is 1. The van der Waals surface area contributed by atoms with Gasteiger partial charge >= 0.3 is 5.76 Å². The molecule has 132 valence electrons. The average molecular weight is 366 g/mol. The molecule has 0 bridgehead atoms. The van der Waals surface area contributed by atoms with Gasteiger partial charge in [-0.3, -0.25) is 13.9 Å². The second-order valence-electron chi connectivity index (χ2n) is 5.12. The van der Waals surface area contributed by atoms with Crippen molar-refractivity contribution in [3.63, 3.8) is 0 Å². The van der Waals surface area contributed by atoms with E-state index in [1.165, 1.54) is 16.3 Å². The molecule has 0 saturated carbocycles. The fourth-order valence-electron chi connectivity index (χ4n) is 1.97. The minimum Gasteiger partial charge on any atom is -0.320 e. The zero-order valence-corrected chi connectivity index (χ0v) is 15.0. The van der Waals surface area contributed by atoms with Crippen molar-refractivity contribution in [2.24, 2.45) is 5.73 Å². The van der Waals surface area contributed by atoms with Crippen molar-refractivity contribution in [2.45, 2.75) is 38.8 Å². The largest absolute Gasteiger partial charge is 0.441 e. The van der Waals surface area contributed by atoms with Crippen LogP contribution in [0.4, 0.5) is 0 Å². The Morgan fingerprint density at radius 2 is 2.13 bits per heavy atom. The molecule has 1 amide bonds. The lowest BCUT2D eigenvalue weighted by Crippen LogP contribution is -2.46. The van der Waals surface area contributed by atoms with Gasteiger partial charge in [0, 0.05) is 6.54 Å². The number of thioether (sulfide) groups is 1. The maximum absolute atomic E-state index is 12.1. The third-order valence-corrected chi connectivity index (χ3v) is 5.01. The maximum Gasteiger partial charge on any atom is 0.441 e. The zero-order chi connectivity index (χ0) is 17.6. The number of nitrogens with zero attached hydrogens (tertiary/aromatic N) is 3. The molecule has 0 saturated heterocycles. The van der Waals surface area contributed by atoms with Gasteiger partial charge in [-0.15, -0.1) is 11.8 Å². The van der Waals surface area contributed by atoms with Crippen LogP contribution in [0.3, 0.4) is 0 Å². The van der Waals surface area contributed by atoms with E-state index in [2.05, 4.69) is 9.68 Å². The average Bonchev–Trinajstić information content (AvgIpc) is 2.78. The summed E-state index contributed by atoms with van der Waals surface area (Å²) in [4.78, 5) is 23.5. The molecule has 1 rings (SSSR count). The molecule has 0 fully saturated rings. The van der Waals surface area contributed by atoms with Gasteiger partial charge in [-0.25, -0.2) is 17.5 Å². The van der Waals surface area contributed by atoms with Gasteiger partial charge in [0.2, 0.25) is 10.0 Å². The molecule has 0 aliphatic rings. The minimum atomic E-state index is -3.63. The van der Waals surface area contributed by atoms with E-state index in [9.17, 15) is 18.0 Å². The summed E-state index contributed by atoms with van der Waals surface area (Å²) in [6.07, 6.45) is 4.19. The number of amides is 1. The third kappa shape index (κ3) is 5.66. The number of aromatic nitrogens is 2. The summed E-state index contributed by atoms with van der Waals surface area (Å²) < 4.78 is 29.9. The standard InChI is InChI=1S/C12H22N4O5S2/c1-9-14-21-12(18)15(9)7-5-4-6-10(13)11(17)16(8-22-2)23(3,19)20/h10H,4-8,13H2,1-3H3. The predicted molar refractivity (Wildman–Crippen MR) is 87.4 cm³/mol. The number of hydrogen-bond donors (Lipinski definition) is 1. The first-order chi connectivity index (χ1) is 10.7. The molecule has 1 aromatic heterocycles. The smallest absolute Gasteiger partial charge is 0.320 e. The van der Waals surface area contributed by atoms with Crippen LogP contribution < -0.4 is 11.5 Å². The Morgan fingerprint density at radius 3 is 2.61 bits per heavy atom. The van der Waals surface area contributed by atoms with Crippen LogP contribution in [0.25, 0.3) is 0 Å². The first-order valence-corrected chi connectivity index (χ1v) is 10.2. The lowest BCUT2D eigenvalue weighted by molar-refractivity contribution is -0.127. The molecule has 0 aromatic carbocycles. The van der Waals surface area contributed by atoms with E-state index in [0.29, 0.717) is 31.6 Å². The van der Waals surface area contributed by atoms with Crippen molar-refractivity contribution in [1.82, 2.24) is 14.0 Å². The van der Waals surface area contributed by atoms with Gasteiger partial charge in [0.15, 0.2) is 5.82 Å². The molecule has 9 nitrogen and oxygen atoms in total. The number of carbonyl (C=O) groups is 1. The van der Waals surface area contributed by atoms with Crippen LogP contribution in [0.15, 0.2) is 9.32 Å². The first-order valence-electron chi connectivity index (χ1n) is 6.97. The highest BCUT2D eigenvalue weighted by Crippen LogP contribution is 2.10. The molecular formula is C12H22N4O5S2. The molecule has 11 heteroatoms. The first kappa shape index (κ1) is 19.7. The highest BCUT2D eigenvalue weighted by atomic mass is 32.2. The number of unbranched alkanes of at least 4 members (excludes halogenated alkanes) is 1. The summed E-state index contributed by atoms with van der Waals surface area (Å²) in [5, 5.41) is 3.55. The fourth-order valence-corrected chi connectivity index (χ4v) is 3.88. The summed E-state index contributed by atoms with van der Waals surface area (Å²) in [5.74, 6) is -0.606. The molecule has 0 radical (unpaired) electrons. The minimum absolute atomic E-state index is 0.0423. The van der Waals surface area contributed by atoms with Crippen LogP contribution in [-0.2, 0) is 21.4 Å². The Labute approximate surface area is 139 Å². The van der Waals surface area contributed by atoms with Crippen LogP contribution in [0.1, 0.15) is 25.1 Å². The highest BCUT2D eigenvalue weighted by molar-refractivity contribution is 7.99. The van der Waals surface area contributed by atoms with Crippen LogP contribution >= 0.6 is 11.8 Å². The molecule has 1 heterocycles. The zero-order valence-electron chi connectivity index (χ0n) is 13.4. The molecular weight excluding hydrogens is 344 g/mol. The fraction of sp³-hybridized carbons (Fsp3) is 0.750. The molecule has 1 unspecified atom stereocenters. The summed E-state index contributed by atoms with van der Waals surface area (Å²) >= 11 is 1.23. The topological polar surface area (TPSA) is 128 Å². The Hall–Kier alpha value is -1.33. The van der Waals surface area contributed by atoms with Crippen molar-refractivity contribution >= 4 is 27.7 Å². The number of hydrogen-bond acceptors (Lipinski definition) is 8. The van der Waals surface area contributed by atoms with Gasteiger partial charge in [0.1, 0.15) is 0 Å². The quantitative estimate of drug-likeness (QED) is 0.468. The molecule has 0 aliphatic carbocycles. The van der Waals surface area contributed by atoms with Gasteiger partial charge in [-0.1, -0.05) is 5.16 Å². The van der Waals surface area contributed by atoms with Gasteiger partial charge < -0.3 is 5.73 Å². The van der Waals surface area contributed by atoms with Gasteiger partial charge in [0.05, 0.1) is 18.2 Å². The monoisotopic (exact) mass is 366 g/mol. The second-order valence-corrected chi connectivity index (χ2v) is 7.86. The number of carbonyl (C=O) groups excluding carboxylic acids is 1. The lowest BCUT2D eigenvalue weighted by atomic mass is 10.1. The van der Waals surface area contributed by atoms with Crippen LogP contribution in [-0.4, -0.2) is 52.8 Å². The van der Waals surface area contributed by atoms with Gasteiger partial charge in [-0.2, -0.15) is 0 Å². The van der Waals surface area contributed by atoms with E-state index in [1.54, 1.807) is 13.2 Å². The Kier molecular flexibility index (Phi) is 7.29.